The van der Waals surface area contributed by atoms with E-state index in [-0.39, 0.29) is 16.4 Å². The van der Waals surface area contributed by atoms with Crippen molar-refractivity contribution in [3.8, 4) is 0 Å². The van der Waals surface area contributed by atoms with E-state index >= 15 is 0 Å². The molecule has 0 saturated heterocycles. The molecule has 0 amide bonds. The lowest BCUT2D eigenvalue weighted by molar-refractivity contribution is 0.0696. The third-order valence-corrected chi connectivity index (χ3v) is 10.8. The van der Waals surface area contributed by atoms with Crippen LogP contribution in [0.2, 0.25) is 0 Å². The van der Waals surface area contributed by atoms with E-state index in [1.165, 1.54) is 29.8 Å². The maximum Gasteiger partial charge on any atom is 0.345 e. The van der Waals surface area contributed by atoms with Gasteiger partial charge in [-0.05, 0) is 64.3 Å². The van der Waals surface area contributed by atoms with Gasteiger partial charge in [0.2, 0.25) is 0 Å². The fourth-order valence-electron chi connectivity index (χ4n) is 3.67. The zero-order valence-corrected chi connectivity index (χ0v) is 27.4. The number of carbonyl (C=O) groups is 1. The van der Waals surface area contributed by atoms with E-state index in [9.17, 15) is 22.3 Å². The van der Waals surface area contributed by atoms with Crippen LogP contribution in [-0.4, -0.2) is 43.6 Å². The molecule has 0 saturated carbocycles. The van der Waals surface area contributed by atoms with Crippen molar-refractivity contribution in [2.24, 2.45) is 0 Å². The van der Waals surface area contributed by atoms with Gasteiger partial charge in [-0.3, -0.25) is 13.7 Å². The summed E-state index contributed by atoms with van der Waals surface area (Å²) < 4.78 is 52.4. The highest BCUT2D eigenvalue weighted by Gasteiger charge is 2.44. The molecule has 0 aliphatic carbocycles. The topological polar surface area (TPSA) is 207 Å². The molecular formula is C29H40O11P2S. The second kappa shape index (κ2) is 15.9. The number of carboxylic acids is 1. The van der Waals surface area contributed by atoms with Crippen molar-refractivity contribution in [3.05, 3.63) is 101 Å². The SMILES string of the molecule is CC(C)c1ccc(C(=O)O)cc1.CC(C)c1ccc(C(P(=O)(O)O)P(=O)(O)O)cc1.CC(C)c1ccc(S(=O)(=O)O)cc1. The molecule has 6 N–H and O–H groups in total. The molecule has 3 aromatic carbocycles. The fraction of sp³-hybridized carbons (Fsp3) is 0.345. The first-order chi connectivity index (χ1) is 19.6. The maximum absolute atomic E-state index is 11.2. The van der Waals surface area contributed by atoms with E-state index in [4.69, 9.17) is 29.2 Å². The predicted octanol–water partition coefficient (Wildman–Crippen LogP) is 6.73. The Morgan fingerprint density at radius 3 is 1.12 bits per heavy atom. The lowest BCUT2D eigenvalue weighted by Crippen LogP contribution is -2.01. The van der Waals surface area contributed by atoms with Gasteiger partial charge in [-0.25, -0.2) is 4.79 Å². The third kappa shape index (κ3) is 12.8. The summed E-state index contributed by atoms with van der Waals surface area (Å²) in [5, 5.41) is 6.52. The van der Waals surface area contributed by atoms with Gasteiger partial charge in [0.1, 0.15) is 0 Å². The van der Waals surface area contributed by atoms with Crippen LogP contribution in [-0.2, 0) is 19.2 Å². The van der Waals surface area contributed by atoms with Crippen LogP contribution < -0.4 is 0 Å². The molecule has 43 heavy (non-hydrogen) atoms. The molecule has 0 heterocycles. The highest BCUT2D eigenvalue weighted by molar-refractivity contribution is 7.85. The summed E-state index contributed by atoms with van der Waals surface area (Å²) in [5.74, 6) is 0.163. The number of hydrogen-bond donors (Lipinski definition) is 6. The minimum Gasteiger partial charge on any atom is -0.478 e. The first kappa shape index (κ1) is 38.4. The quantitative estimate of drug-likeness (QED) is 0.110. The number of carboxylic acid groups (broad SMARTS) is 1. The molecule has 14 heteroatoms. The largest absolute Gasteiger partial charge is 0.478 e. The van der Waals surface area contributed by atoms with Crippen LogP contribution in [0, 0.1) is 0 Å². The Hall–Kier alpha value is -2.66. The van der Waals surface area contributed by atoms with Crippen LogP contribution in [0.25, 0.3) is 0 Å². The zero-order chi connectivity index (χ0) is 33.3. The average Bonchev–Trinajstić information content (AvgIpc) is 2.87. The summed E-state index contributed by atoms with van der Waals surface area (Å²) in [5.41, 5.74) is 3.43. The van der Waals surface area contributed by atoms with Gasteiger partial charge in [0, 0.05) is 0 Å². The van der Waals surface area contributed by atoms with Crippen LogP contribution in [0.15, 0.2) is 77.7 Å². The third-order valence-electron chi connectivity index (χ3n) is 6.21. The van der Waals surface area contributed by atoms with E-state index in [1.807, 2.05) is 39.8 Å². The second-order valence-corrected chi connectivity index (χ2v) is 15.9. The zero-order valence-electron chi connectivity index (χ0n) is 24.8. The fourth-order valence-corrected chi connectivity index (χ4v) is 6.84. The van der Waals surface area contributed by atoms with Crippen LogP contribution in [0.4, 0.5) is 0 Å². The molecule has 0 bridgehead atoms. The molecule has 3 rings (SSSR count). The molecule has 0 spiro atoms. The van der Waals surface area contributed by atoms with E-state index in [0.29, 0.717) is 17.4 Å². The monoisotopic (exact) mass is 658 g/mol. The van der Waals surface area contributed by atoms with E-state index < -0.39 is 36.7 Å². The Morgan fingerprint density at radius 2 is 0.860 bits per heavy atom. The standard InChI is InChI=1S/C10H16O6P2.C10H12O2.C9H12O3S/c1-7(2)8-3-5-9(6-4-8)10(17(11,12)13)18(14,15)16;1-7(2)8-3-5-9(6-4-8)10(11)12;1-7(2)8-3-5-9(6-4-8)13(10,11)12/h3-7,10H,1-2H3,(H2,11,12,13)(H2,14,15,16);3-7H,1-2H3,(H,11,12);3-7H,1-2H3,(H,10,11,12). The molecule has 0 aliphatic heterocycles. The van der Waals surface area contributed by atoms with Gasteiger partial charge in [-0.1, -0.05) is 90.1 Å². The molecule has 3 aromatic rings. The highest BCUT2D eigenvalue weighted by Crippen LogP contribution is 2.69. The molecule has 0 atom stereocenters. The van der Waals surface area contributed by atoms with Crippen molar-refractivity contribution in [1.29, 1.82) is 0 Å². The van der Waals surface area contributed by atoms with Crippen LogP contribution in [0.1, 0.15) is 97.3 Å². The molecule has 238 valence electrons. The number of rotatable bonds is 8. The van der Waals surface area contributed by atoms with Gasteiger partial charge in [-0.2, -0.15) is 8.42 Å². The lowest BCUT2D eigenvalue weighted by Gasteiger charge is -2.20. The summed E-state index contributed by atoms with van der Waals surface area (Å²) in [7, 11) is -13.9. The summed E-state index contributed by atoms with van der Waals surface area (Å²) in [6.07, 6.45) is 0. The van der Waals surface area contributed by atoms with E-state index in [2.05, 4.69) is 13.8 Å². The van der Waals surface area contributed by atoms with Crippen LogP contribution in [0.3, 0.4) is 0 Å². The van der Waals surface area contributed by atoms with Gasteiger partial charge in [0.05, 0.1) is 10.5 Å². The average molecular weight is 659 g/mol. The number of hydrogen-bond acceptors (Lipinski definition) is 5. The van der Waals surface area contributed by atoms with Crippen molar-refractivity contribution in [2.45, 2.75) is 69.6 Å². The lowest BCUT2D eigenvalue weighted by atomic mass is 10.0. The Bertz CT molecular complexity index is 1500. The Labute approximate surface area is 252 Å². The Morgan fingerprint density at radius 1 is 0.581 bits per heavy atom. The summed E-state index contributed by atoms with van der Waals surface area (Å²) in [4.78, 5) is 46.7. The van der Waals surface area contributed by atoms with Crippen LogP contribution in [0.5, 0.6) is 0 Å². The second-order valence-electron chi connectivity index (χ2n) is 10.7. The van der Waals surface area contributed by atoms with Gasteiger partial charge >= 0.3 is 21.2 Å². The van der Waals surface area contributed by atoms with Gasteiger partial charge in [-0.15, -0.1) is 0 Å². The first-order valence-corrected chi connectivity index (χ1v) is 18.0. The maximum atomic E-state index is 11.2. The van der Waals surface area contributed by atoms with Crippen molar-refractivity contribution in [3.63, 3.8) is 0 Å². The minimum absolute atomic E-state index is 0.0546. The van der Waals surface area contributed by atoms with Crippen molar-refractivity contribution in [1.82, 2.24) is 0 Å². The normalized spacial score (nSPS) is 12.1. The van der Waals surface area contributed by atoms with Crippen molar-refractivity contribution >= 4 is 31.3 Å². The molecule has 0 fully saturated rings. The smallest absolute Gasteiger partial charge is 0.345 e. The molecule has 11 nitrogen and oxygen atoms in total. The Kier molecular flexibility index (Phi) is 14.2. The molecule has 0 aliphatic rings. The molecular weight excluding hydrogens is 618 g/mol. The minimum atomic E-state index is -4.92. The predicted molar refractivity (Wildman–Crippen MR) is 165 cm³/mol. The van der Waals surface area contributed by atoms with E-state index in [1.54, 1.807) is 36.4 Å². The summed E-state index contributed by atoms with van der Waals surface area (Å²) in [6.45, 7) is 12.1. The Balaban J connectivity index is 0.000000331. The molecule has 0 unspecified atom stereocenters. The molecule has 0 aromatic heterocycles. The highest BCUT2D eigenvalue weighted by atomic mass is 32.2. The van der Waals surface area contributed by atoms with Gasteiger partial charge < -0.3 is 24.7 Å². The number of aromatic carboxylic acids is 1. The summed E-state index contributed by atoms with van der Waals surface area (Å²) >= 11 is 0. The molecule has 0 radical (unpaired) electrons. The number of benzene rings is 3. The van der Waals surface area contributed by atoms with Crippen LogP contribution >= 0.6 is 15.2 Å². The van der Waals surface area contributed by atoms with E-state index in [0.717, 1.165) is 11.1 Å². The van der Waals surface area contributed by atoms with Crippen molar-refractivity contribution in [2.75, 3.05) is 0 Å². The van der Waals surface area contributed by atoms with Gasteiger partial charge in [0.25, 0.3) is 10.1 Å². The first-order valence-electron chi connectivity index (χ1n) is 13.2. The van der Waals surface area contributed by atoms with Gasteiger partial charge in [0.15, 0.2) is 5.40 Å². The van der Waals surface area contributed by atoms with Crippen molar-refractivity contribution < 1.29 is 51.6 Å². The summed E-state index contributed by atoms with van der Waals surface area (Å²) in [6, 6.07) is 19.1.